The van der Waals surface area contributed by atoms with E-state index in [2.05, 4.69) is 10.2 Å². The van der Waals surface area contributed by atoms with Crippen molar-refractivity contribution in [1.29, 1.82) is 0 Å². The van der Waals surface area contributed by atoms with Crippen LogP contribution in [0.5, 0.6) is 0 Å². The van der Waals surface area contributed by atoms with Crippen LogP contribution >= 0.6 is 23.4 Å². The largest absolute Gasteiger partial charge is 0.385 e. The molecule has 6 nitrogen and oxygen atoms in total. The normalized spacial score (nSPS) is 11.2. The first-order valence-corrected chi connectivity index (χ1v) is 10.8. The van der Waals surface area contributed by atoms with E-state index in [-0.39, 0.29) is 5.78 Å². The second-order valence-electron chi connectivity index (χ2n) is 6.84. The number of rotatable bonds is 9. The van der Waals surface area contributed by atoms with E-state index in [0.29, 0.717) is 34.9 Å². The molecule has 8 heteroatoms. The predicted octanol–water partition coefficient (Wildman–Crippen LogP) is 4.57. The molecule has 0 spiro atoms. The number of thioether (sulfide) groups is 1. The van der Waals surface area contributed by atoms with Crippen molar-refractivity contribution in [3.05, 3.63) is 52.3 Å². The number of hydrogen-bond acceptors (Lipinski definition) is 5. The van der Waals surface area contributed by atoms with Gasteiger partial charge in [0.15, 0.2) is 16.8 Å². The average molecular weight is 433 g/mol. The molecule has 2 heterocycles. The fourth-order valence-corrected chi connectivity index (χ4v) is 4.22. The molecule has 0 radical (unpaired) electrons. The molecular formula is C21H25ClN4O2S. The molecule has 2 aromatic heterocycles. The number of methoxy groups -OCH3 is 1. The van der Waals surface area contributed by atoms with E-state index in [9.17, 15) is 4.79 Å². The lowest BCUT2D eigenvalue weighted by molar-refractivity contribution is 0.102. The van der Waals surface area contributed by atoms with Crippen molar-refractivity contribution in [2.24, 2.45) is 7.05 Å². The van der Waals surface area contributed by atoms with E-state index in [1.807, 2.05) is 60.4 Å². The van der Waals surface area contributed by atoms with Gasteiger partial charge in [0.2, 0.25) is 0 Å². The molecule has 0 atom stereocenters. The number of nitrogens with zero attached hydrogens (tertiary/aromatic N) is 4. The lowest BCUT2D eigenvalue weighted by atomic mass is 10.2. The Morgan fingerprint density at radius 3 is 2.66 bits per heavy atom. The highest BCUT2D eigenvalue weighted by Gasteiger charge is 2.19. The van der Waals surface area contributed by atoms with Gasteiger partial charge in [0.25, 0.3) is 0 Å². The highest BCUT2D eigenvalue weighted by molar-refractivity contribution is 7.99. The van der Waals surface area contributed by atoms with Gasteiger partial charge in [0, 0.05) is 49.8 Å². The van der Waals surface area contributed by atoms with Crippen molar-refractivity contribution in [2.45, 2.75) is 32.0 Å². The molecule has 0 saturated carbocycles. The molecule has 0 amide bonds. The van der Waals surface area contributed by atoms with Crippen LogP contribution in [-0.4, -0.2) is 44.6 Å². The number of halogens is 1. The van der Waals surface area contributed by atoms with Crippen LogP contribution in [0.2, 0.25) is 5.02 Å². The lowest BCUT2D eigenvalue weighted by Gasteiger charge is -2.11. The second-order valence-corrected chi connectivity index (χ2v) is 8.19. The summed E-state index contributed by atoms with van der Waals surface area (Å²) in [6.07, 6.45) is 0.810. The minimum Gasteiger partial charge on any atom is -0.385 e. The first-order chi connectivity index (χ1) is 13.9. The second kappa shape index (κ2) is 9.61. The Bertz CT molecular complexity index is 1010. The van der Waals surface area contributed by atoms with Gasteiger partial charge >= 0.3 is 0 Å². The zero-order chi connectivity index (χ0) is 21.0. The van der Waals surface area contributed by atoms with E-state index in [1.54, 1.807) is 7.11 Å². The first-order valence-electron chi connectivity index (χ1n) is 9.40. The molecule has 0 aliphatic heterocycles. The van der Waals surface area contributed by atoms with Crippen molar-refractivity contribution in [3.63, 3.8) is 0 Å². The topological polar surface area (TPSA) is 61.9 Å². The van der Waals surface area contributed by atoms with Gasteiger partial charge in [-0.15, -0.1) is 10.2 Å². The molecule has 154 valence electrons. The van der Waals surface area contributed by atoms with Gasteiger partial charge in [-0.1, -0.05) is 35.5 Å². The quantitative estimate of drug-likeness (QED) is 0.281. The van der Waals surface area contributed by atoms with E-state index in [1.165, 1.54) is 11.8 Å². The Balaban J connectivity index is 1.83. The Morgan fingerprint density at radius 1 is 1.24 bits per heavy atom. The van der Waals surface area contributed by atoms with Gasteiger partial charge in [-0.25, -0.2) is 0 Å². The Hall–Kier alpha value is -2.09. The van der Waals surface area contributed by atoms with Crippen LogP contribution in [0.25, 0.3) is 11.4 Å². The number of benzene rings is 1. The third kappa shape index (κ3) is 4.74. The number of hydrogen-bond donors (Lipinski definition) is 0. The maximum atomic E-state index is 12.8. The van der Waals surface area contributed by atoms with Gasteiger partial charge in [-0.2, -0.15) is 0 Å². The third-order valence-electron chi connectivity index (χ3n) is 4.97. The monoisotopic (exact) mass is 432 g/mol. The van der Waals surface area contributed by atoms with Gasteiger partial charge in [-0.05, 0) is 38.5 Å². The van der Waals surface area contributed by atoms with Crippen LogP contribution in [-0.2, 0) is 18.3 Å². The van der Waals surface area contributed by atoms with Crippen molar-refractivity contribution in [3.8, 4) is 11.4 Å². The number of aromatic nitrogens is 4. The standard InChI is InChI=1S/C21H25ClN4O2S/c1-14-12-17(15(2)25(14)3)19(27)13-29-21-24-23-20(26(21)10-7-11-28-4)16-8-5-6-9-18(16)22/h5-6,8-9,12H,7,10-11,13H2,1-4H3. The van der Waals surface area contributed by atoms with Crippen LogP contribution in [0.4, 0.5) is 0 Å². The highest BCUT2D eigenvalue weighted by Crippen LogP contribution is 2.30. The van der Waals surface area contributed by atoms with Gasteiger partial charge < -0.3 is 13.9 Å². The maximum Gasteiger partial charge on any atom is 0.191 e. The van der Waals surface area contributed by atoms with Crippen LogP contribution in [0.1, 0.15) is 28.2 Å². The highest BCUT2D eigenvalue weighted by atomic mass is 35.5. The summed E-state index contributed by atoms with van der Waals surface area (Å²) in [5.41, 5.74) is 3.63. The summed E-state index contributed by atoms with van der Waals surface area (Å²) in [5.74, 6) is 1.09. The van der Waals surface area contributed by atoms with Crippen LogP contribution < -0.4 is 0 Å². The average Bonchev–Trinajstić information content (AvgIpc) is 3.22. The summed E-state index contributed by atoms with van der Waals surface area (Å²) in [5, 5.41) is 10.0. The smallest absolute Gasteiger partial charge is 0.191 e. The van der Waals surface area contributed by atoms with Crippen molar-refractivity contribution in [1.82, 2.24) is 19.3 Å². The molecule has 0 fully saturated rings. The molecule has 0 unspecified atom stereocenters. The van der Waals surface area contributed by atoms with Crippen LogP contribution in [0.3, 0.4) is 0 Å². The van der Waals surface area contributed by atoms with Crippen molar-refractivity contribution >= 4 is 29.1 Å². The minimum atomic E-state index is 0.0851. The molecule has 1 aromatic carbocycles. The van der Waals surface area contributed by atoms with Crippen LogP contribution in [0.15, 0.2) is 35.5 Å². The number of Topliss-reactive ketones (excluding diaryl/α,β-unsaturated/α-hetero) is 1. The molecule has 3 aromatic rings. The number of carbonyl (C=O) groups is 1. The van der Waals surface area contributed by atoms with Gasteiger partial charge in [-0.3, -0.25) is 4.79 Å². The van der Waals surface area contributed by atoms with E-state index in [0.717, 1.165) is 28.9 Å². The van der Waals surface area contributed by atoms with E-state index in [4.69, 9.17) is 16.3 Å². The Labute approximate surface area is 180 Å². The number of ether oxygens (including phenoxy) is 1. The first kappa shape index (κ1) is 21.6. The third-order valence-corrected chi connectivity index (χ3v) is 6.27. The van der Waals surface area contributed by atoms with Crippen molar-refractivity contribution in [2.75, 3.05) is 19.5 Å². The minimum absolute atomic E-state index is 0.0851. The number of aryl methyl sites for hydroxylation is 1. The zero-order valence-electron chi connectivity index (χ0n) is 17.1. The Morgan fingerprint density at radius 2 is 2.00 bits per heavy atom. The molecule has 0 saturated heterocycles. The zero-order valence-corrected chi connectivity index (χ0v) is 18.7. The summed E-state index contributed by atoms with van der Waals surface area (Å²) in [7, 11) is 3.65. The molecule has 0 bridgehead atoms. The molecule has 0 aliphatic carbocycles. The van der Waals surface area contributed by atoms with E-state index < -0.39 is 0 Å². The fourth-order valence-electron chi connectivity index (χ4n) is 3.15. The SMILES string of the molecule is COCCCn1c(SCC(=O)c2cc(C)n(C)c2C)nnc1-c1ccccc1Cl. The summed E-state index contributed by atoms with van der Waals surface area (Å²) in [6.45, 7) is 5.28. The molecule has 29 heavy (non-hydrogen) atoms. The van der Waals surface area contributed by atoms with Crippen LogP contribution in [0, 0.1) is 13.8 Å². The van der Waals surface area contributed by atoms with Crippen molar-refractivity contribution < 1.29 is 9.53 Å². The fraction of sp³-hybridized carbons (Fsp3) is 0.381. The summed E-state index contributed by atoms with van der Waals surface area (Å²) < 4.78 is 9.23. The molecular weight excluding hydrogens is 408 g/mol. The summed E-state index contributed by atoms with van der Waals surface area (Å²) in [4.78, 5) is 12.8. The molecule has 3 rings (SSSR count). The maximum absolute atomic E-state index is 12.8. The lowest BCUT2D eigenvalue weighted by Crippen LogP contribution is -2.08. The van der Waals surface area contributed by atoms with Gasteiger partial charge in [0.05, 0.1) is 10.8 Å². The summed E-state index contributed by atoms with van der Waals surface area (Å²) in [6, 6.07) is 9.51. The number of ketones is 1. The molecule has 0 aliphatic rings. The summed E-state index contributed by atoms with van der Waals surface area (Å²) >= 11 is 7.77. The number of carbonyl (C=O) groups excluding carboxylic acids is 1. The van der Waals surface area contributed by atoms with E-state index >= 15 is 0 Å². The molecule has 0 N–H and O–H groups in total. The predicted molar refractivity (Wildman–Crippen MR) is 117 cm³/mol. The van der Waals surface area contributed by atoms with Gasteiger partial charge in [0.1, 0.15) is 0 Å². The Kier molecular flexibility index (Phi) is 7.16.